The molecule has 2 rings (SSSR count). The number of hydrogen-bond donors (Lipinski definition) is 2. The van der Waals surface area contributed by atoms with Gasteiger partial charge in [0.15, 0.2) is 0 Å². The van der Waals surface area contributed by atoms with Gasteiger partial charge in [-0.25, -0.2) is 0 Å². The first-order chi connectivity index (χ1) is 11.0. The summed E-state index contributed by atoms with van der Waals surface area (Å²) < 4.78 is 5.63. The van der Waals surface area contributed by atoms with Gasteiger partial charge in [-0.1, -0.05) is 12.1 Å². The highest BCUT2D eigenvalue weighted by molar-refractivity contribution is 5.94. The molecule has 1 amide bonds. The molecule has 0 radical (unpaired) electrons. The Morgan fingerprint density at radius 1 is 1.09 bits per heavy atom. The van der Waals surface area contributed by atoms with E-state index in [9.17, 15) is 9.90 Å². The summed E-state index contributed by atoms with van der Waals surface area (Å²) in [5.74, 6) is 0.795. The van der Waals surface area contributed by atoms with Crippen molar-refractivity contribution in [3.05, 3.63) is 59.7 Å². The smallest absolute Gasteiger partial charge is 0.251 e. The molecule has 0 aliphatic carbocycles. The zero-order valence-corrected chi connectivity index (χ0v) is 13.5. The van der Waals surface area contributed by atoms with Gasteiger partial charge >= 0.3 is 0 Å². The Morgan fingerprint density at radius 2 is 1.74 bits per heavy atom. The van der Waals surface area contributed by atoms with Crippen molar-refractivity contribution >= 4 is 5.91 Å². The standard InChI is InChI=1S/C18H22N2O3/c1-20(2)11-12-23-17-9-3-14(4-10-17)13-19-18(22)15-5-7-16(21)8-6-15/h3-10,21H,11-13H2,1-2H3,(H,19,22). The highest BCUT2D eigenvalue weighted by Gasteiger charge is 2.05. The van der Waals surface area contributed by atoms with Gasteiger partial charge in [0.2, 0.25) is 0 Å². The molecule has 5 heteroatoms. The molecule has 0 saturated carbocycles. The summed E-state index contributed by atoms with van der Waals surface area (Å²) in [5.41, 5.74) is 1.52. The van der Waals surface area contributed by atoms with Crippen LogP contribution in [0.2, 0.25) is 0 Å². The van der Waals surface area contributed by atoms with E-state index in [4.69, 9.17) is 4.74 Å². The van der Waals surface area contributed by atoms with Crippen LogP contribution >= 0.6 is 0 Å². The molecule has 0 saturated heterocycles. The molecule has 23 heavy (non-hydrogen) atoms. The second-order valence-corrected chi connectivity index (χ2v) is 5.53. The number of amides is 1. The number of carbonyl (C=O) groups excluding carboxylic acids is 1. The van der Waals surface area contributed by atoms with Crippen LogP contribution in [0, 0.1) is 0 Å². The number of nitrogens with one attached hydrogen (secondary N) is 1. The van der Waals surface area contributed by atoms with Crippen molar-refractivity contribution in [3.8, 4) is 11.5 Å². The Balaban J connectivity index is 1.81. The van der Waals surface area contributed by atoms with Crippen molar-refractivity contribution in [2.75, 3.05) is 27.2 Å². The molecule has 2 N–H and O–H groups in total. The van der Waals surface area contributed by atoms with Crippen LogP contribution in [0.25, 0.3) is 0 Å². The summed E-state index contributed by atoms with van der Waals surface area (Å²) >= 11 is 0. The molecule has 0 aromatic heterocycles. The molecular formula is C18H22N2O3. The molecule has 0 fully saturated rings. The van der Waals surface area contributed by atoms with Gasteiger partial charge < -0.3 is 20.1 Å². The molecule has 0 aliphatic heterocycles. The zero-order chi connectivity index (χ0) is 16.7. The van der Waals surface area contributed by atoms with E-state index in [1.807, 2.05) is 38.4 Å². The lowest BCUT2D eigenvalue weighted by molar-refractivity contribution is 0.0951. The van der Waals surface area contributed by atoms with E-state index >= 15 is 0 Å². The van der Waals surface area contributed by atoms with Gasteiger partial charge in [-0.05, 0) is 56.1 Å². The summed E-state index contributed by atoms with van der Waals surface area (Å²) in [5, 5.41) is 12.1. The Labute approximate surface area is 136 Å². The third-order valence-corrected chi connectivity index (χ3v) is 3.31. The van der Waals surface area contributed by atoms with E-state index in [0.29, 0.717) is 18.7 Å². The highest BCUT2D eigenvalue weighted by atomic mass is 16.5. The predicted molar refractivity (Wildman–Crippen MR) is 89.8 cm³/mol. The number of hydrogen-bond acceptors (Lipinski definition) is 4. The lowest BCUT2D eigenvalue weighted by Gasteiger charge is -2.11. The Hall–Kier alpha value is -2.53. The number of phenols is 1. The molecule has 0 aliphatic rings. The fourth-order valence-electron chi connectivity index (χ4n) is 1.95. The van der Waals surface area contributed by atoms with Crippen molar-refractivity contribution in [2.24, 2.45) is 0 Å². The fraction of sp³-hybridized carbons (Fsp3) is 0.278. The van der Waals surface area contributed by atoms with Gasteiger partial charge in [0.25, 0.3) is 5.91 Å². The summed E-state index contributed by atoms with van der Waals surface area (Å²) in [6, 6.07) is 13.8. The first-order valence-electron chi connectivity index (χ1n) is 7.48. The SMILES string of the molecule is CN(C)CCOc1ccc(CNC(=O)c2ccc(O)cc2)cc1. The van der Waals surface area contributed by atoms with E-state index in [1.165, 1.54) is 12.1 Å². The number of ether oxygens (including phenoxy) is 1. The number of likely N-dealkylation sites (N-methyl/N-ethyl adjacent to an activating group) is 1. The first kappa shape index (κ1) is 16.8. The zero-order valence-electron chi connectivity index (χ0n) is 13.5. The van der Waals surface area contributed by atoms with Crippen LogP contribution in [0.1, 0.15) is 15.9 Å². The number of carbonyl (C=O) groups is 1. The predicted octanol–water partition coefficient (Wildman–Crippen LogP) is 2.26. The lowest BCUT2D eigenvalue weighted by atomic mass is 10.2. The van der Waals surface area contributed by atoms with Crippen LogP contribution in [-0.2, 0) is 6.54 Å². The third-order valence-electron chi connectivity index (χ3n) is 3.31. The van der Waals surface area contributed by atoms with Crippen molar-refractivity contribution in [3.63, 3.8) is 0 Å². The highest BCUT2D eigenvalue weighted by Crippen LogP contribution is 2.13. The number of rotatable bonds is 7. The van der Waals surface area contributed by atoms with E-state index < -0.39 is 0 Å². The van der Waals surface area contributed by atoms with Crippen molar-refractivity contribution in [1.29, 1.82) is 0 Å². The van der Waals surface area contributed by atoms with Crippen LogP contribution in [0.5, 0.6) is 11.5 Å². The van der Waals surface area contributed by atoms with Gasteiger partial charge in [-0.3, -0.25) is 4.79 Å². The summed E-state index contributed by atoms with van der Waals surface area (Å²) in [4.78, 5) is 14.0. The molecule has 0 heterocycles. The maximum atomic E-state index is 12.0. The summed E-state index contributed by atoms with van der Waals surface area (Å²) in [6.07, 6.45) is 0. The second-order valence-electron chi connectivity index (χ2n) is 5.53. The topological polar surface area (TPSA) is 61.8 Å². The average molecular weight is 314 g/mol. The van der Waals surface area contributed by atoms with E-state index in [1.54, 1.807) is 12.1 Å². The van der Waals surface area contributed by atoms with Crippen LogP contribution < -0.4 is 10.1 Å². The van der Waals surface area contributed by atoms with Gasteiger partial charge in [-0.15, -0.1) is 0 Å². The fourth-order valence-corrected chi connectivity index (χ4v) is 1.95. The molecular weight excluding hydrogens is 292 g/mol. The molecule has 5 nitrogen and oxygen atoms in total. The largest absolute Gasteiger partial charge is 0.508 e. The van der Waals surface area contributed by atoms with Crippen molar-refractivity contribution in [2.45, 2.75) is 6.54 Å². The molecule has 0 atom stereocenters. The van der Waals surface area contributed by atoms with Gasteiger partial charge in [-0.2, -0.15) is 0 Å². The Morgan fingerprint density at radius 3 is 2.35 bits per heavy atom. The van der Waals surface area contributed by atoms with Gasteiger partial charge in [0.05, 0.1) is 0 Å². The van der Waals surface area contributed by atoms with E-state index in [-0.39, 0.29) is 11.7 Å². The van der Waals surface area contributed by atoms with Crippen molar-refractivity contribution in [1.82, 2.24) is 10.2 Å². The van der Waals surface area contributed by atoms with E-state index in [2.05, 4.69) is 10.2 Å². The minimum atomic E-state index is -0.170. The summed E-state index contributed by atoms with van der Waals surface area (Å²) in [6.45, 7) is 1.95. The number of nitrogens with zero attached hydrogens (tertiary/aromatic N) is 1. The summed E-state index contributed by atoms with van der Waals surface area (Å²) in [7, 11) is 4.01. The van der Waals surface area contributed by atoms with Gasteiger partial charge in [0, 0.05) is 18.7 Å². The maximum Gasteiger partial charge on any atom is 0.251 e. The number of benzene rings is 2. The number of aromatic hydroxyl groups is 1. The average Bonchev–Trinajstić information content (AvgIpc) is 2.54. The molecule has 2 aromatic rings. The van der Waals surface area contributed by atoms with Crippen LogP contribution in [-0.4, -0.2) is 43.2 Å². The Kier molecular flexibility index (Phi) is 6.00. The molecule has 0 bridgehead atoms. The normalized spacial score (nSPS) is 10.6. The Bertz CT molecular complexity index is 622. The van der Waals surface area contributed by atoms with Crippen LogP contribution in [0.3, 0.4) is 0 Å². The lowest BCUT2D eigenvalue weighted by Crippen LogP contribution is -2.22. The van der Waals surface area contributed by atoms with Crippen molar-refractivity contribution < 1.29 is 14.6 Å². The minimum Gasteiger partial charge on any atom is -0.508 e. The molecule has 122 valence electrons. The third kappa shape index (κ3) is 5.64. The quantitative estimate of drug-likeness (QED) is 0.823. The second kappa shape index (κ2) is 8.19. The number of phenolic OH excluding ortho intramolecular Hbond substituents is 1. The van der Waals surface area contributed by atoms with E-state index in [0.717, 1.165) is 17.9 Å². The first-order valence-corrected chi connectivity index (χ1v) is 7.48. The molecule has 0 spiro atoms. The monoisotopic (exact) mass is 314 g/mol. The minimum absolute atomic E-state index is 0.145. The molecule has 2 aromatic carbocycles. The van der Waals surface area contributed by atoms with Crippen LogP contribution in [0.4, 0.5) is 0 Å². The molecule has 0 unspecified atom stereocenters. The van der Waals surface area contributed by atoms with Gasteiger partial charge in [0.1, 0.15) is 18.1 Å². The maximum absolute atomic E-state index is 12.0. The van der Waals surface area contributed by atoms with Crippen LogP contribution in [0.15, 0.2) is 48.5 Å².